The van der Waals surface area contributed by atoms with E-state index in [0.717, 1.165) is 25.9 Å². The quantitative estimate of drug-likeness (QED) is 0.441. The molecule has 2 aliphatic rings. The zero-order valence-electron chi connectivity index (χ0n) is 16.7. The van der Waals surface area contributed by atoms with Gasteiger partial charge in [-0.2, -0.15) is 0 Å². The van der Waals surface area contributed by atoms with Crippen LogP contribution in [-0.2, 0) is 15.1 Å². The van der Waals surface area contributed by atoms with Crippen LogP contribution in [0, 0.1) is 10.5 Å². The Morgan fingerprint density at radius 3 is 2.69 bits per heavy atom. The summed E-state index contributed by atoms with van der Waals surface area (Å²) in [5.41, 5.74) is 2.33. The van der Waals surface area contributed by atoms with Gasteiger partial charge in [0.15, 0.2) is 6.04 Å². The minimum absolute atomic E-state index is 0.0949. The number of anilines is 1. The molecule has 4 rings (SSSR count). The van der Waals surface area contributed by atoms with Crippen LogP contribution in [0.4, 0.5) is 5.69 Å². The summed E-state index contributed by atoms with van der Waals surface area (Å²) >= 11 is 2.25. The fourth-order valence-electron chi connectivity index (χ4n) is 5.32. The van der Waals surface area contributed by atoms with Crippen LogP contribution in [0.1, 0.15) is 23.1 Å². The van der Waals surface area contributed by atoms with Gasteiger partial charge in [0, 0.05) is 22.6 Å². The summed E-state index contributed by atoms with van der Waals surface area (Å²) in [7, 11) is 3.53. The molecule has 2 heterocycles. The monoisotopic (exact) mass is 506 g/mol. The van der Waals surface area contributed by atoms with Gasteiger partial charge in [0.1, 0.15) is 12.6 Å². The van der Waals surface area contributed by atoms with E-state index in [1.165, 1.54) is 0 Å². The van der Waals surface area contributed by atoms with Crippen molar-refractivity contribution in [2.75, 3.05) is 26.0 Å². The number of rotatable bonds is 3. The number of aliphatic hydroxyl groups is 1. The first-order valence-electron chi connectivity index (χ1n) is 9.68. The molecule has 29 heavy (non-hydrogen) atoms. The standard InChI is InChI=1S/C22H24IN3O3/c1-13-6-4-5-7-16(13)22(17-10-14(23)8-9-18(17)25-21(22)29)26(3)12-15(27)11-19(26)20(28)24-2/h4-10,15,19,27H,11-12H2,1-3H3,(H-,24,25,28,29)/p+1/t15-,19+,22?,26?/m1/s1. The second-order valence-corrected chi connectivity index (χ2v) is 9.38. The van der Waals surface area contributed by atoms with Gasteiger partial charge in [0.2, 0.25) is 5.54 Å². The van der Waals surface area contributed by atoms with Crippen LogP contribution in [0.5, 0.6) is 0 Å². The maximum Gasteiger partial charge on any atom is 0.295 e. The molecule has 0 spiro atoms. The van der Waals surface area contributed by atoms with Crippen LogP contribution in [0.3, 0.4) is 0 Å². The number of hydrogen-bond donors (Lipinski definition) is 3. The Hall–Kier alpha value is -1.97. The topological polar surface area (TPSA) is 78.4 Å². The van der Waals surface area contributed by atoms with Gasteiger partial charge in [-0.25, -0.2) is 0 Å². The Bertz CT molecular complexity index is 1010. The molecule has 1 fully saturated rings. The summed E-state index contributed by atoms with van der Waals surface area (Å²) in [6, 6.07) is 13.2. The van der Waals surface area contributed by atoms with Crippen LogP contribution in [0.2, 0.25) is 0 Å². The molecule has 6 nitrogen and oxygen atoms in total. The lowest BCUT2D eigenvalue weighted by molar-refractivity contribution is -0.953. The summed E-state index contributed by atoms with van der Waals surface area (Å²) in [4.78, 5) is 26.7. The van der Waals surface area contributed by atoms with E-state index < -0.39 is 17.7 Å². The molecule has 1 saturated heterocycles. The molecule has 4 atom stereocenters. The number of carbonyl (C=O) groups excluding carboxylic acids is 2. The minimum Gasteiger partial charge on any atom is -0.387 e. The molecular formula is C22H25IN3O3+. The normalized spacial score (nSPS) is 30.7. The highest BCUT2D eigenvalue weighted by Gasteiger charge is 2.68. The average molecular weight is 506 g/mol. The van der Waals surface area contributed by atoms with Crippen molar-refractivity contribution in [3.8, 4) is 0 Å². The van der Waals surface area contributed by atoms with Gasteiger partial charge >= 0.3 is 0 Å². The number of carbonyl (C=O) groups is 2. The van der Waals surface area contributed by atoms with Crippen molar-refractivity contribution < 1.29 is 19.2 Å². The second kappa shape index (κ2) is 7.07. The van der Waals surface area contributed by atoms with E-state index in [-0.39, 0.29) is 16.3 Å². The van der Waals surface area contributed by atoms with Crippen LogP contribution in [0.15, 0.2) is 42.5 Å². The molecular weight excluding hydrogens is 481 g/mol. The van der Waals surface area contributed by atoms with E-state index in [4.69, 9.17) is 0 Å². The van der Waals surface area contributed by atoms with Crippen molar-refractivity contribution in [3.63, 3.8) is 0 Å². The predicted octanol–water partition coefficient (Wildman–Crippen LogP) is 2.12. The van der Waals surface area contributed by atoms with Crippen LogP contribution in [0.25, 0.3) is 0 Å². The predicted molar refractivity (Wildman–Crippen MR) is 119 cm³/mol. The summed E-state index contributed by atoms with van der Waals surface area (Å²) in [5, 5.41) is 16.4. The van der Waals surface area contributed by atoms with E-state index in [1.807, 2.05) is 56.4 Å². The summed E-state index contributed by atoms with van der Waals surface area (Å²) in [5.74, 6) is -0.321. The molecule has 0 aromatic heterocycles. The number of aliphatic hydroxyl groups excluding tert-OH is 1. The number of aryl methyl sites for hydroxylation is 1. The molecule has 7 heteroatoms. The first-order chi connectivity index (χ1) is 13.8. The van der Waals surface area contributed by atoms with E-state index in [1.54, 1.807) is 7.05 Å². The lowest BCUT2D eigenvalue weighted by Crippen LogP contribution is -2.68. The van der Waals surface area contributed by atoms with Crippen LogP contribution >= 0.6 is 22.6 Å². The van der Waals surface area contributed by atoms with Gasteiger partial charge < -0.3 is 15.7 Å². The maximum absolute atomic E-state index is 13.8. The number of nitrogens with zero attached hydrogens (tertiary/aromatic N) is 1. The number of halogens is 1. The van der Waals surface area contributed by atoms with Crippen molar-refractivity contribution in [2.24, 2.45) is 0 Å². The molecule has 152 valence electrons. The first-order valence-corrected chi connectivity index (χ1v) is 10.8. The van der Waals surface area contributed by atoms with Crippen LogP contribution < -0.4 is 10.6 Å². The van der Waals surface area contributed by atoms with Crippen molar-refractivity contribution in [1.82, 2.24) is 5.32 Å². The maximum atomic E-state index is 13.8. The molecule has 2 amide bonds. The molecule has 2 unspecified atom stereocenters. The fourth-order valence-corrected chi connectivity index (χ4v) is 5.81. The molecule has 2 aromatic carbocycles. The molecule has 2 aliphatic heterocycles. The Kier molecular flexibility index (Phi) is 4.95. The number of nitrogens with one attached hydrogen (secondary N) is 2. The number of benzene rings is 2. The van der Waals surface area contributed by atoms with E-state index >= 15 is 0 Å². The Morgan fingerprint density at radius 1 is 1.28 bits per heavy atom. The fraction of sp³-hybridized carbons (Fsp3) is 0.364. The van der Waals surface area contributed by atoms with Gasteiger partial charge in [-0.1, -0.05) is 24.3 Å². The van der Waals surface area contributed by atoms with Gasteiger partial charge in [-0.3, -0.25) is 14.1 Å². The molecule has 0 saturated carbocycles. The van der Waals surface area contributed by atoms with Crippen molar-refractivity contribution in [1.29, 1.82) is 0 Å². The van der Waals surface area contributed by atoms with E-state index in [2.05, 4.69) is 33.2 Å². The SMILES string of the molecule is CNC(=O)[C@@H]1C[C@@H](O)C[N+]1(C)C1(c2ccccc2C)C(=O)Nc2ccc(I)cc21. The van der Waals surface area contributed by atoms with Crippen LogP contribution in [-0.4, -0.2) is 54.2 Å². The zero-order valence-corrected chi connectivity index (χ0v) is 18.9. The Balaban J connectivity index is 2.10. The number of fused-ring (bicyclic) bond motifs is 1. The average Bonchev–Trinajstić information content (AvgIpc) is 3.15. The third-order valence-electron chi connectivity index (χ3n) is 6.57. The molecule has 0 radical (unpaired) electrons. The Morgan fingerprint density at radius 2 is 2.00 bits per heavy atom. The number of likely N-dealkylation sites (N-methyl/N-ethyl adjacent to an activating group) is 2. The third-order valence-corrected chi connectivity index (χ3v) is 7.24. The smallest absolute Gasteiger partial charge is 0.295 e. The van der Waals surface area contributed by atoms with E-state index in [0.29, 0.717) is 13.0 Å². The van der Waals surface area contributed by atoms with Gasteiger partial charge in [0.25, 0.3) is 11.8 Å². The van der Waals surface area contributed by atoms with Crippen molar-refractivity contribution in [3.05, 3.63) is 62.7 Å². The minimum atomic E-state index is -1.13. The molecule has 2 aromatic rings. The third kappa shape index (κ3) is 2.74. The zero-order chi connectivity index (χ0) is 21.0. The highest BCUT2D eigenvalue weighted by atomic mass is 127. The molecule has 0 aliphatic carbocycles. The Labute approximate surface area is 184 Å². The highest BCUT2D eigenvalue weighted by molar-refractivity contribution is 14.1. The van der Waals surface area contributed by atoms with Crippen molar-refractivity contribution in [2.45, 2.75) is 31.0 Å². The number of likely N-dealkylation sites (tertiary alicyclic amines) is 1. The molecule has 3 N–H and O–H groups in total. The van der Waals surface area contributed by atoms with Crippen molar-refractivity contribution >= 4 is 40.1 Å². The van der Waals surface area contributed by atoms with Gasteiger partial charge in [-0.05, 0) is 53.3 Å². The lowest BCUT2D eigenvalue weighted by atomic mass is 9.77. The molecule has 0 bridgehead atoms. The number of quaternary nitrogens is 1. The van der Waals surface area contributed by atoms with E-state index in [9.17, 15) is 14.7 Å². The lowest BCUT2D eigenvalue weighted by Gasteiger charge is -2.48. The summed E-state index contributed by atoms with van der Waals surface area (Å²) in [6.45, 7) is 2.30. The number of hydrogen-bond acceptors (Lipinski definition) is 3. The van der Waals surface area contributed by atoms with Gasteiger partial charge in [-0.15, -0.1) is 0 Å². The summed E-state index contributed by atoms with van der Waals surface area (Å²) < 4.78 is 1.11. The summed E-state index contributed by atoms with van der Waals surface area (Å²) in [6.07, 6.45) is -0.348. The highest BCUT2D eigenvalue weighted by Crippen LogP contribution is 2.53. The first kappa shape index (κ1) is 20.3. The number of amides is 2. The largest absolute Gasteiger partial charge is 0.387 e. The van der Waals surface area contributed by atoms with Gasteiger partial charge in [0.05, 0.1) is 18.3 Å². The second-order valence-electron chi connectivity index (χ2n) is 8.14.